The van der Waals surface area contributed by atoms with Crippen LogP contribution in [-0.4, -0.2) is 38.9 Å². The van der Waals surface area contributed by atoms with Crippen LogP contribution in [-0.2, 0) is 17.1 Å². The van der Waals surface area contributed by atoms with Gasteiger partial charge in [-0.1, -0.05) is 25.7 Å². The summed E-state index contributed by atoms with van der Waals surface area (Å²) in [6.07, 6.45) is 10.4. The molecular weight excluding hydrogens is 364 g/mol. The average molecular weight is 405 g/mol. The molecule has 0 spiro atoms. The fourth-order valence-corrected chi connectivity index (χ4v) is 19.2. The Morgan fingerprint density at radius 1 is 0.640 bits per heavy atom. The van der Waals surface area contributed by atoms with Crippen molar-refractivity contribution in [1.29, 1.82) is 0 Å². The third kappa shape index (κ3) is 5.73. The summed E-state index contributed by atoms with van der Waals surface area (Å²) in [6.45, 7) is 14.4. The van der Waals surface area contributed by atoms with Crippen LogP contribution in [0.2, 0.25) is 37.3 Å². The molecule has 0 aromatic rings. The maximum Gasteiger partial charge on any atom is 0.327 e. The van der Waals surface area contributed by atoms with Gasteiger partial charge in [0.2, 0.25) is 0 Å². The second kappa shape index (κ2) is 9.12. The van der Waals surface area contributed by atoms with E-state index in [2.05, 4.69) is 40.0 Å². The number of rotatable bonds is 10. The third-order valence-corrected chi connectivity index (χ3v) is 17.5. The lowest BCUT2D eigenvalue weighted by atomic mass is 10.3. The Bertz CT molecular complexity index is 367. The zero-order valence-electron chi connectivity index (χ0n) is 17.4. The molecule has 0 unspecified atom stereocenters. The minimum Gasteiger partial charge on any atom is -0.415 e. The van der Waals surface area contributed by atoms with Gasteiger partial charge in [0.05, 0.1) is 0 Å². The highest BCUT2D eigenvalue weighted by Crippen LogP contribution is 2.52. The van der Waals surface area contributed by atoms with Crippen molar-refractivity contribution in [2.75, 3.05) is 13.2 Å². The van der Waals surface area contributed by atoms with Crippen LogP contribution in [0.5, 0.6) is 0 Å². The van der Waals surface area contributed by atoms with Gasteiger partial charge in [-0.05, 0) is 65.7 Å². The smallest absolute Gasteiger partial charge is 0.327 e. The Hall–Kier alpha value is 0.491. The van der Waals surface area contributed by atoms with Gasteiger partial charge in [-0.25, -0.2) is 0 Å². The first kappa shape index (κ1) is 21.8. The van der Waals surface area contributed by atoms with E-state index in [9.17, 15) is 0 Å². The van der Waals surface area contributed by atoms with Crippen molar-refractivity contribution in [2.24, 2.45) is 0 Å². The first-order chi connectivity index (χ1) is 11.7. The van der Waals surface area contributed by atoms with E-state index in [0.29, 0.717) is 11.1 Å². The summed E-state index contributed by atoms with van der Waals surface area (Å²) >= 11 is 0. The molecular formula is C18H40O4Si3. The Morgan fingerprint density at radius 2 is 0.960 bits per heavy atom. The minimum atomic E-state index is -2.40. The Balaban J connectivity index is 2.37. The maximum atomic E-state index is 7.10. The predicted molar refractivity (Wildman–Crippen MR) is 111 cm³/mol. The van der Waals surface area contributed by atoms with Crippen molar-refractivity contribution in [1.82, 2.24) is 0 Å². The molecule has 0 bridgehead atoms. The van der Waals surface area contributed by atoms with Gasteiger partial charge in [0.25, 0.3) is 0 Å². The van der Waals surface area contributed by atoms with Crippen LogP contribution in [0.3, 0.4) is 0 Å². The lowest BCUT2D eigenvalue weighted by molar-refractivity contribution is 0.196. The number of hydrogen-bond donors (Lipinski definition) is 0. The van der Waals surface area contributed by atoms with Gasteiger partial charge in [-0.2, -0.15) is 0 Å². The summed E-state index contributed by atoms with van der Waals surface area (Å²) in [6, 6.07) is 0. The first-order valence-corrected chi connectivity index (χ1v) is 18.0. The van der Waals surface area contributed by atoms with Crippen molar-refractivity contribution < 1.29 is 17.1 Å². The first-order valence-electron chi connectivity index (χ1n) is 10.4. The van der Waals surface area contributed by atoms with Crippen LogP contribution in [0.15, 0.2) is 0 Å². The Morgan fingerprint density at radius 3 is 1.24 bits per heavy atom. The maximum absolute atomic E-state index is 7.10. The van der Waals surface area contributed by atoms with Crippen molar-refractivity contribution in [3.8, 4) is 0 Å². The zero-order chi connectivity index (χ0) is 18.6. The van der Waals surface area contributed by atoms with Gasteiger partial charge in [0.1, 0.15) is 0 Å². The highest BCUT2D eigenvalue weighted by atomic mass is 28.5. The van der Waals surface area contributed by atoms with Crippen LogP contribution >= 0.6 is 0 Å². The molecule has 0 radical (unpaired) electrons. The Labute approximate surface area is 158 Å². The molecule has 0 saturated heterocycles. The molecule has 0 heterocycles. The van der Waals surface area contributed by atoms with Gasteiger partial charge >= 0.3 is 25.7 Å². The molecule has 2 saturated carbocycles. The van der Waals surface area contributed by atoms with Gasteiger partial charge in [0, 0.05) is 24.3 Å². The van der Waals surface area contributed by atoms with Gasteiger partial charge < -0.3 is 17.1 Å². The Kier molecular flexibility index (Phi) is 7.95. The van der Waals surface area contributed by atoms with E-state index >= 15 is 0 Å². The van der Waals surface area contributed by atoms with E-state index in [4.69, 9.17) is 17.1 Å². The van der Waals surface area contributed by atoms with E-state index < -0.39 is 25.7 Å². The van der Waals surface area contributed by atoms with Crippen LogP contribution in [0.1, 0.15) is 65.2 Å². The summed E-state index contributed by atoms with van der Waals surface area (Å²) in [5.74, 6) is 0. The lowest BCUT2D eigenvalue weighted by Gasteiger charge is -2.47. The summed E-state index contributed by atoms with van der Waals surface area (Å²) in [5.41, 5.74) is 1.24. The highest BCUT2D eigenvalue weighted by Gasteiger charge is 2.58. The molecule has 2 fully saturated rings. The molecule has 148 valence electrons. The second-order valence-corrected chi connectivity index (χ2v) is 19.4. The van der Waals surface area contributed by atoms with Crippen LogP contribution in [0, 0.1) is 0 Å². The van der Waals surface area contributed by atoms with Gasteiger partial charge in [-0.15, -0.1) is 0 Å². The topological polar surface area (TPSA) is 36.9 Å². The van der Waals surface area contributed by atoms with E-state index in [0.717, 1.165) is 13.2 Å². The third-order valence-electron chi connectivity index (χ3n) is 5.64. The zero-order valence-corrected chi connectivity index (χ0v) is 20.4. The molecule has 7 heteroatoms. The molecule has 2 aliphatic carbocycles. The summed E-state index contributed by atoms with van der Waals surface area (Å²) in [7, 11) is -6.79. The molecule has 0 amide bonds. The standard InChI is InChI=1S/C18H40O4Si3/c1-7-19-23(3,4)21-25(17-13-9-10-14-17,18-15-11-12-16-18)22-24(5,6)20-8-2/h17-18H,7-16H2,1-6H3. The molecule has 0 aromatic heterocycles. The molecule has 25 heavy (non-hydrogen) atoms. The van der Waals surface area contributed by atoms with E-state index in [-0.39, 0.29) is 0 Å². The quantitative estimate of drug-likeness (QED) is 0.429. The van der Waals surface area contributed by atoms with Gasteiger partial charge in [0.15, 0.2) is 0 Å². The van der Waals surface area contributed by atoms with Crippen molar-refractivity contribution in [2.45, 2.75) is 102 Å². The normalized spacial score (nSPS) is 21.4. The largest absolute Gasteiger partial charge is 0.415 e. The summed E-state index contributed by atoms with van der Waals surface area (Å²) in [4.78, 5) is 0. The fourth-order valence-electron chi connectivity index (χ4n) is 4.87. The monoisotopic (exact) mass is 404 g/mol. The van der Waals surface area contributed by atoms with Crippen molar-refractivity contribution in [3.63, 3.8) is 0 Å². The average Bonchev–Trinajstić information content (AvgIpc) is 3.20. The van der Waals surface area contributed by atoms with Crippen molar-refractivity contribution in [3.05, 3.63) is 0 Å². The molecule has 2 aliphatic rings. The van der Waals surface area contributed by atoms with E-state index in [1.807, 2.05) is 0 Å². The highest BCUT2D eigenvalue weighted by molar-refractivity contribution is 6.87. The summed E-state index contributed by atoms with van der Waals surface area (Å²) < 4.78 is 26.5. The SMILES string of the molecule is CCO[Si](C)(C)O[Si](O[Si](C)(C)OCC)(C1CCCC1)C1CCCC1. The number of hydrogen-bond acceptors (Lipinski definition) is 4. The minimum absolute atomic E-state index is 0.620. The van der Waals surface area contributed by atoms with Crippen LogP contribution in [0.25, 0.3) is 0 Å². The second-order valence-electron chi connectivity index (χ2n) is 8.55. The van der Waals surface area contributed by atoms with Crippen molar-refractivity contribution >= 4 is 25.7 Å². The molecule has 4 nitrogen and oxygen atoms in total. The molecule has 0 aliphatic heterocycles. The van der Waals surface area contributed by atoms with E-state index in [1.54, 1.807) is 0 Å². The summed E-state index contributed by atoms with van der Waals surface area (Å²) in [5, 5.41) is 0. The molecule has 0 atom stereocenters. The molecule has 0 N–H and O–H groups in total. The van der Waals surface area contributed by atoms with Crippen LogP contribution < -0.4 is 0 Å². The predicted octanol–water partition coefficient (Wildman–Crippen LogP) is 5.83. The molecule has 0 aromatic carbocycles. The molecule has 2 rings (SSSR count). The fraction of sp³-hybridized carbons (Fsp3) is 1.00. The van der Waals surface area contributed by atoms with Crippen LogP contribution in [0.4, 0.5) is 0 Å². The van der Waals surface area contributed by atoms with E-state index in [1.165, 1.54) is 51.4 Å². The van der Waals surface area contributed by atoms with Gasteiger partial charge in [-0.3, -0.25) is 0 Å². The lowest BCUT2D eigenvalue weighted by Crippen LogP contribution is -2.62.